The number of likely N-dealkylation sites (N-methyl/N-ethyl adjacent to an activating group) is 1. The van der Waals surface area contributed by atoms with Crippen molar-refractivity contribution in [2.75, 3.05) is 33.2 Å². The lowest BCUT2D eigenvalue weighted by molar-refractivity contribution is -0.117. The molecule has 0 saturated heterocycles. The zero-order valence-electron chi connectivity index (χ0n) is 19.3. The first-order valence-electron chi connectivity index (χ1n) is 10.7. The summed E-state index contributed by atoms with van der Waals surface area (Å²) in [5.41, 5.74) is 7.83. The molecule has 0 bridgehead atoms. The highest BCUT2D eigenvalue weighted by Gasteiger charge is 2.19. The van der Waals surface area contributed by atoms with Gasteiger partial charge in [-0.25, -0.2) is 4.39 Å². The number of carbonyl (C=O) groups excluding carboxylic acids is 1. The average Bonchev–Trinajstić information content (AvgIpc) is 2.74. The molecule has 176 valence electrons. The summed E-state index contributed by atoms with van der Waals surface area (Å²) < 4.78 is 13.3. The fraction of sp³-hybridized carbons (Fsp3) is 0.500. The van der Waals surface area contributed by atoms with E-state index >= 15 is 0 Å². The Balaban J connectivity index is 2.64. The molecule has 0 aliphatic heterocycles. The van der Waals surface area contributed by atoms with Crippen molar-refractivity contribution in [3.8, 4) is 12.3 Å². The van der Waals surface area contributed by atoms with Crippen LogP contribution in [-0.2, 0) is 4.79 Å². The number of halogens is 1. The van der Waals surface area contributed by atoms with Crippen molar-refractivity contribution >= 4 is 11.6 Å². The summed E-state index contributed by atoms with van der Waals surface area (Å²) in [6.45, 7) is 10.1. The third-order valence-corrected chi connectivity index (χ3v) is 5.21. The number of nitrogens with one attached hydrogen (secondary N) is 2. The van der Waals surface area contributed by atoms with Crippen LogP contribution in [0, 0.1) is 18.3 Å². The summed E-state index contributed by atoms with van der Waals surface area (Å²) in [6, 6.07) is 0. The summed E-state index contributed by atoms with van der Waals surface area (Å²) in [4.78, 5) is 18.7. The second kappa shape index (κ2) is 14.4. The van der Waals surface area contributed by atoms with Crippen LogP contribution in [-0.4, -0.2) is 61.2 Å². The first-order chi connectivity index (χ1) is 15.1. The van der Waals surface area contributed by atoms with E-state index < -0.39 is 12.3 Å². The Labute approximate surface area is 191 Å². The zero-order chi connectivity index (χ0) is 24.1. The number of amides is 1. The zero-order valence-corrected chi connectivity index (χ0v) is 19.3. The van der Waals surface area contributed by atoms with Gasteiger partial charge in [-0.3, -0.25) is 15.5 Å². The van der Waals surface area contributed by atoms with Gasteiger partial charge in [0.05, 0.1) is 5.70 Å². The Morgan fingerprint density at radius 2 is 2.25 bits per heavy atom. The molecule has 0 aromatic carbocycles. The predicted octanol–water partition coefficient (Wildman–Crippen LogP) is 1.99. The highest BCUT2D eigenvalue weighted by Crippen LogP contribution is 2.16. The van der Waals surface area contributed by atoms with E-state index in [1.807, 2.05) is 19.9 Å². The van der Waals surface area contributed by atoms with E-state index in [2.05, 4.69) is 28.1 Å². The van der Waals surface area contributed by atoms with Crippen LogP contribution in [0.15, 0.2) is 52.5 Å². The number of hydrogen-bond acceptors (Lipinski definition) is 6. The molecular formula is C24H36FN5O2. The van der Waals surface area contributed by atoms with Crippen LogP contribution in [0.25, 0.3) is 0 Å². The van der Waals surface area contributed by atoms with Crippen LogP contribution in [0.4, 0.5) is 4.39 Å². The van der Waals surface area contributed by atoms with E-state index in [1.54, 1.807) is 18.0 Å². The van der Waals surface area contributed by atoms with Gasteiger partial charge >= 0.3 is 0 Å². The predicted molar refractivity (Wildman–Crippen MR) is 128 cm³/mol. The Hall–Kier alpha value is -2.73. The number of nitrogens with zero attached hydrogens (tertiary/aromatic N) is 2. The van der Waals surface area contributed by atoms with Gasteiger partial charge in [-0.2, -0.15) is 0 Å². The van der Waals surface area contributed by atoms with Gasteiger partial charge in [-0.1, -0.05) is 24.1 Å². The second-order valence-electron chi connectivity index (χ2n) is 7.82. The molecule has 5 N–H and O–H groups in total. The molecule has 2 unspecified atom stereocenters. The quantitative estimate of drug-likeness (QED) is 0.150. The fourth-order valence-electron chi connectivity index (χ4n) is 3.04. The lowest BCUT2D eigenvalue weighted by Gasteiger charge is -2.24. The fourth-order valence-corrected chi connectivity index (χ4v) is 3.04. The lowest BCUT2D eigenvalue weighted by Crippen LogP contribution is -2.46. The van der Waals surface area contributed by atoms with Crippen LogP contribution < -0.4 is 16.4 Å². The molecule has 8 heteroatoms. The summed E-state index contributed by atoms with van der Waals surface area (Å²) >= 11 is 0. The molecule has 0 fully saturated rings. The van der Waals surface area contributed by atoms with Crippen LogP contribution in [0.1, 0.15) is 33.1 Å². The molecule has 0 radical (unpaired) electrons. The van der Waals surface area contributed by atoms with E-state index in [0.29, 0.717) is 38.3 Å². The maximum absolute atomic E-state index is 13.3. The number of aliphatic imine (C=N–C) groups is 1. The van der Waals surface area contributed by atoms with Gasteiger partial charge in [0.1, 0.15) is 11.5 Å². The molecule has 0 aromatic heterocycles. The van der Waals surface area contributed by atoms with Gasteiger partial charge in [-0.15, -0.1) is 6.42 Å². The molecule has 7 nitrogen and oxygen atoms in total. The molecule has 1 aliphatic rings. The second-order valence-corrected chi connectivity index (χ2v) is 7.82. The first-order valence-corrected chi connectivity index (χ1v) is 10.7. The highest BCUT2D eigenvalue weighted by atomic mass is 19.1. The summed E-state index contributed by atoms with van der Waals surface area (Å²) in [6.07, 6.45) is 11.1. The average molecular weight is 446 g/mol. The number of aliphatic hydroxyl groups is 1. The third-order valence-electron chi connectivity index (χ3n) is 5.21. The van der Waals surface area contributed by atoms with Gasteiger partial charge in [0.25, 0.3) is 5.91 Å². The number of hydrogen-bond donors (Lipinski definition) is 4. The van der Waals surface area contributed by atoms with Crippen molar-refractivity contribution in [2.45, 2.75) is 39.5 Å². The van der Waals surface area contributed by atoms with Crippen molar-refractivity contribution < 1.29 is 14.3 Å². The van der Waals surface area contributed by atoms with Crippen molar-refractivity contribution in [3.05, 3.63) is 47.5 Å². The van der Waals surface area contributed by atoms with Crippen molar-refractivity contribution in [3.63, 3.8) is 0 Å². The summed E-state index contributed by atoms with van der Waals surface area (Å²) in [7, 11) is 1.80. The van der Waals surface area contributed by atoms with Gasteiger partial charge in [0.15, 0.2) is 6.35 Å². The van der Waals surface area contributed by atoms with Gasteiger partial charge < -0.3 is 20.6 Å². The Morgan fingerprint density at radius 3 is 2.88 bits per heavy atom. The minimum atomic E-state index is -1.49. The third kappa shape index (κ3) is 10.1. The number of aliphatic hydroxyl groups excluding tert-OH is 1. The minimum Gasteiger partial charge on any atom is -0.372 e. The monoisotopic (exact) mass is 445 g/mol. The molecule has 2 atom stereocenters. The largest absolute Gasteiger partial charge is 0.372 e. The van der Waals surface area contributed by atoms with Crippen molar-refractivity contribution in [1.82, 2.24) is 15.5 Å². The normalized spacial score (nSPS) is 17.7. The van der Waals surface area contributed by atoms with Gasteiger partial charge in [0, 0.05) is 33.2 Å². The number of terminal acetylenes is 1. The highest BCUT2D eigenvalue weighted by molar-refractivity contribution is 6.45. The Morgan fingerprint density at radius 1 is 1.53 bits per heavy atom. The molecule has 32 heavy (non-hydrogen) atoms. The van der Waals surface area contributed by atoms with Crippen LogP contribution in [0.5, 0.6) is 0 Å². The Bertz CT molecular complexity index is 821. The molecular weight excluding hydrogens is 409 g/mol. The van der Waals surface area contributed by atoms with E-state index in [9.17, 15) is 14.3 Å². The molecule has 1 amide bonds. The molecule has 1 aliphatic carbocycles. The van der Waals surface area contributed by atoms with E-state index in [1.165, 1.54) is 6.08 Å². The minimum absolute atomic E-state index is 0.120. The molecule has 0 saturated carbocycles. The number of carbonyl (C=O) groups is 1. The van der Waals surface area contributed by atoms with Crippen molar-refractivity contribution in [2.24, 2.45) is 16.6 Å². The topological polar surface area (TPSA) is 103 Å². The maximum Gasteiger partial charge on any atom is 0.274 e. The van der Waals surface area contributed by atoms with Crippen LogP contribution in [0.3, 0.4) is 0 Å². The van der Waals surface area contributed by atoms with Gasteiger partial charge in [0.2, 0.25) is 0 Å². The molecule has 0 spiro atoms. The van der Waals surface area contributed by atoms with Crippen LogP contribution in [0.2, 0.25) is 0 Å². The van der Waals surface area contributed by atoms with E-state index in [-0.39, 0.29) is 17.5 Å². The Kier molecular flexibility index (Phi) is 12.2. The lowest BCUT2D eigenvalue weighted by atomic mass is 10.0. The van der Waals surface area contributed by atoms with E-state index in [4.69, 9.17) is 12.2 Å². The van der Waals surface area contributed by atoms with Crippen LogP contribution >= 0.6 is 0 Å². The molecule has 0 heterocycles. The number of nitrogens with two attached hydrogens (primary N) is 1. The number of rotatable bonds is 13. The number of allylic oxidation sites excluding steroid dienone is 5. The smallest absolute Gasteiger partial charge is 0.274 e. The molecule has 0 aromatic rings. The summed E-state index contributed by atoms with van der Waals surface area (Å²) in [5.74, 6) is 1.95. The van der Waals surface area contributed by atoms with Gasteiger partial charge in [-0.05, 0) is 56.8 Å². The van der Waals surface area contributed by atoms with E-state index in [0.717, 1.165) is 24.0 Å². The SMILES string of the molecule is C#C/C(C)=C(/C)CCCN=C(C(=C)N(C)CCNCC1C=C(F)C=CC1)C(=O)NC(N)O. The summed E-state index contributed by atoms with van der Waals surface area (Å²) in [5, 5.41) is 14.9. The maximum atomic E-state index is 13.3. The molecule has 1 rings (SSSR count). The van der Waals surface area contributed by atoms with Crippen molar-refractivity contribution in [1.29, 1.82) is 0 Å². The standard InChI is InChI=1S/C24H36FN5O2/c1-6-17(2)18(3)9-8-12-28-22(23(31)29-24(26)32)19(4)30(5)14-13-27-16-20-10-7-11-21(25)15-20/h1,7,11,15,20,24,27,32H,4,8-10,12-14,16,26H2,2-3,5H3,(H,29,31)/b18-17-,28-22?. The first kappa shape index (κ1) is 27.3.